The zero-order valence-corrected chi connectivity index (χ0v) is 10.1. The Balaban J connectivity index is 2.06. The first kappa shape index (κ1) is 12.1. The highest BCUT2D eigenvalue weighted by Gasteiger charge is 2.27. The van der Waals surface area contributed by atoms with Crippen molar-refractivity contribution in [3.63, 3.8) is 0 Å². The third-order valence-corrected chi connectivity index (χ3v) is 2.69. The number of carbonyl (C=O) groups is 1. The second-order valence-electron chi connectivity index (χ2n) is 3.62. The minimum atomic E-state index is -0.479. The largest absolute Gasteiger partial charge is 0.365 e. The summed E-state index contributed by atoms with van der Waals surface area (Å²) in [6.07, 6.45) is 2.59. The standard InChI is InChI=1S/C10H13ClN4O2/c1-12-9(16)8-6-15(2-3-17-8)10-13-4-7(11)5-14-10/h4-5,8H,2-3,6H2,1H3,(H,12,16)/t8-/m1/s1. The molecular formula is C10H13ClN4O2. The number of nitrogens with one attached hydrogen (secondary N) is 1. The van der Waals surface area contributed by atoms with E-state index in [1.807, 2.05) is 4.90 Å². The molecule has 92 valence electrons. The second kappa shape index (κ2) is 5.29. The zero-order chi connectivity index (χ0) is 12.3. The molecule has 0 spiro atoms. The lowest BCUT2D eigenvalue weighted by Gasteiger charge is -2.31. The Morgan fingerprint density at radius 3 is 2.94 bits per heavy atom. The van der Waals surface area contributed by atoms with Gasteiger partial charge in [0.1, 0.15) is 0 Å². The average molecular weight is 257 g/mol. The number of carbonyl (C=O) groups excluding carboxylic acids is 1. The SMILES string of the molecule is CNC(=O)[C@H]1CN(c2ncc(Cl)cn2)CCO1. The molecule has 2 heterocycles. The van der Waals surface area contributed by atoms with Crippen LogP contribution >= 0.6 is 11.6 Å². The first-order chi connectivity index (χ1) is 8.20. The van der Waals surface area contributed by atoms with Gasteiger partial charge < -0.3 is 15.0 Å². The maximum atomic E-state index is 11.5. The van der Waals surface area contributed by atoms with Crippen LogP contribution in [-0.4, -0.2) is 48.7 Å². The minimum Gasteiger partial charge on any atom is -0.365 e. The Kier molecular flexibility index (Phi) is 3.75. The molecule has 7 heteroatoms. The fourth-order valence-corrected chi connectivity index (χ4v) is 1.72. The highest BCUT2D eigenvalue weighted by molar-refractivity contribution is 6.30. The number of hydrogen-bond acceptors (Lipinski definition) is 5. The Morgan fingerprint density at radius 2 is 2.29 bits per heavy atom. The van der Waals surface area contributed by atoms with Crippen LogP contribution in [0.15, 0.2) is 12.4 Å². The monoisotopic (exact) mass is 256 g/mol. The summed E-state index contributed by atoms with van der Waals surface area (Å²) in [5.74, 6) is 0.426. The molecule has 1 aliphatic heterocycles. The summed E-state index contributed by atoms with van der Waals surface area (Å²) in [6.45, 7) is 1.58. The van der Waals surface area contributed by atoms with Gasteiger partial charge in [0.05, 0.1) is 30.6 Å². The normalized spacial score (nSPS) is 20.1. The number of likely N-dealkylation sites (N-methyl/N-ethyl adjacent to an activating group) is 1. The van der Waals surface area contributed by atoms with Crippen molar-refractivity contribution in [2.24, 2.45) is 0 Å². The number of halogens is 1. The minimum absolute atomic E-state index is 0.135. The van der Waals surface area contributed by atoms with Gasteiger partial charge in [0, 0.05) is 13.6 Å². The van der Waals surface area contributed by atoms with E-state index in [4.69, 9.17) is 16.3 Å². The molecule has 0 aliphatic carbocycles. The van der Waals surface area contributed by atoms with Crippen LogP contribution in [-0.2, 0) is 9.53 Å². The Labute approximate surface area is 104 Å². The highest BCUT2D eigenvalue weighted by Crippen LogP contribution is 2.14. The molecule has 1 aliphatic rings. The van der Waals surface area contributed by atoms with Crippen LogP contribution in [0.25, 0.3) is 0 Å². The number of nitrogens with zero attached hydrogens (tertiary/aromatic N) is 3. The van der Waals surface area contributed by atoms with E-state index in [1.165, 1.54) is 12.4 Å². The van der Waals surface area contributed by atoms with E-state index >= 15 is 0 Å². The van der Waals surface area contributed by atoms with Crippen LogP contribution in [0.3, 0.4) is 0 Å². The molecule has 17 heavy (non-hydrogen) atoms. The van der Waals surface area contributed by atoms with E-state index < -0.39 is 6.10 Å². The number of amides is 1. The maximum absolute atomic E-state index is 11.5. The molecule has 1 saturated heterocycles. The predicted octanol–water partition coefficient (Wildman–Crippen LogP) is 0.0812. The summed E-state index contributed by atoms with van der Waals surface area (Å²) in [4.78, 5) is 21.6. The average Bonchev–Trinajstić information content (AvgIpc) is 2.39. The van der Waals surface area contributed by atoms with Gasteiger partial charge in [-0.3, -0.25) is 4.79 Å². The molecule has 1 N–H and O–H groups in total. The number of rotatable bonds is 2. The molecule has 1 aromatic heterocycles. The molecule has 1 fully saturated rings. The van der Waals surface area contributed by atoms with E-state index in [0.29, 0.717) is 30.7 Å². The molecule has 0 saturated carbocycles. The number of hydrogen-bond donors (Lipinski definition) is 1. The first-order valence-electron chi connectivity index (χ1n) is 5.26. The summed E-state index contributed by atoms with van der Waals surface area (Å²) < 4.78 is 5.37. The Hall–Kier alpha value is -1.40. The summed E-state index contributed by atoms with van der Waals surface area (Å²) in [5.41, 5.74) is 0. The molecule has 1 atom stereocenters. The lowest BCUT2D eigenvalue weighted by atomic mass is 10.2. The molecule has 1 amide bonds. The summed E-state index contributed by atoms with van der Waals surface area (Å²) >= 11 is 5.72. The molecule has 0 unspecified atom stereocenters. The first-order valence-corrected chi connectivity index (χ1v) is 5.64. The van der Waals surface area contributed by atoms with Crippen LogP contribution in [0.5, 0.6) is 0 Å². The van der Waals surface area contributed by atoms with E-state index in [0.717, 1.165) is 0 Å². The maximum Gasteiger partial charge on any atom is 0.250 e. The summed E-state index contributed by atoms with van der Waals surface area (Å²) in [5, 5.41) is 3.05. The molecule has 1 aromatic rings. The Bertz CT molecular complexity index is 398. The van der Waals surface area contributed by atoms with Gasteiger partial charge in [-0.25, -0.2) is 9.97 Å². The molecule has 0 bridgehead atoms. The van der Waals surface area contributed by atoms with Gasteiger partial charge in [-0.1, -0.05) is 11.6 Å². The van der Waals surface area contributed by atoms with E-state index in [-0.39, 0.29) is 5.91 Å². The van der Waals surface area contributed by atoms with Gasteiger partial charge in [-0.05, 0) is 0 Å². The highest BCUT2D eigenvalue weighted by atomic mass is 35.5. The van der Waals surface area contributed by atoms with Crippen LogP contribution in [0.1, 0.15) is 0 Å². The van der Waals surface area contributed by atoms with Crippen molar-refractivity contribution in [3.8, 4) is 0 Å². The van der Waals surface area contributed by atoms with Crippen LogP contribution < -0.4 is 10.2 Å². The van der Waals surface area contributed by atoms with Gasteiger partial charge in [-0.2, -0.15) is 0 Å². The fourth-order valence-electron chi connectivity index (χ4n) is 1.62. The van der Waals surface area contributed by atoms with E-state index in [9.17, 15) is 4.79 Å². The van der Waals surface area contributed by atoms with Gasteiger partial charge in [0.15, 0.2) is 6.10 Å². The fraction of sp³-hybridized carbons (Fsp3) is 0.500. The predicted molar refractivity (Wildman–Crippen MR) is 63.1 cm³/mol. The second-order valence-corrected chi connectivity index (χ2v) is 4.06. The van der Waals surface area contributed by atoms with Crippen LogP contribution in [0.2, 0.25) is 5.02 Å². The Morgan fingerprint density at radius 1 is 1.59 bits per heavy atom. The number of aromatic nitrogens is 2. The third kappa shape index (κ3) is 2.83. The van der Waals surface area contributed by atoms with Crippen molar-refractivity contribution < 1.29 is 9.53 Å². The van der Waals surface area contributed by atoms with Gasteiger partial charge >= 0.3 is 0 Å². The lowest BCUT2D eigenvalue weighted by Crippen LogP contribution is -2.49. The number of anilines is 1. The van der Waals surface area contributed by atoms with Crippen molar-refractivity contribution in [2.45, 2.75) is 6.10 Å². The van der Waals surface area contributed by atoms with E-state index in [1.54, 1.807) is 7.05 Å². The van der Waals surface area contributed by atoms with Crippen LogP contribution in [0.4, 0.5) is 5.95 Å². The quantitative estimate of drug-likeness (QED) is 0.812. The van der Waals surface area contributed by atoms with Gasteiger partial charge in [0.2, 0.25) is 5.95 Å². The molecule has 0 aromatic carbocycles. The van der Waals surface area contributed by atoms with Crippen molar-refractivity contribution in [3.05, 3.63) is 17.4 Å². The molecular weight excluding hydrogens is 244 g/mol. The molecule has 0 radical (unpaired) electrons. The zero-order valence-electron chi connectivity index (χ0n) is 9.39. The number of morpholine rings is 1. The topological polar surface area (TPSA) is 67.4 Å². The van der Waals surface area contributed by atoms with Crippen LogP contribution in [0, 0.1) is 0 Å². The van der Waals surface area contributed by atoms with E-state index in [2.05, 4.69) is 15.3 Å². The van der Waals surface area contributed by atoms with Gasteiger partial charge in [-0.15, -0.1) is 0 Å². The smallest absolute Gasteiger partial charge is 0.250 e. The van der Waals surface area contributed by atoms with Gasteiger partial charge in [0.25, 0.3) is 5.91 Å². The van der Waals surface area contributed by atoms with Crippen molar-refractivity contribution >= 4 is 23.5 Å². The number of ether oxygens (including phenoxy) is 1. The van der Waals surface area contributed by atoms with Crippen molar-refractivity contribution in [2.75, 3.05) is 31.6 Å². The lowest BCUT2D eigenvalue weighted by molar-refractivity contribution is -0.132. The van der Waals surface area contributed by atoms with Crippen molar-refractivity contribution in [1.29, 1.82) is 0 Å². The molecule has 2 rings (SSSR count). The third-order valence-electron chi connectivity index (χ3n) is 2.49. The molecule has 6 nitrogen and oxygen atoms in total. The van der Waals surface area contributed by atoms with Crippen molar-refractivity contribution in [1.82, 2.24) is 15.3 Å². The summed E-state index contributed by atoms with van der Waals surface area (Å²) in [7, 11) is 1.59. The summed E-state index contributed by atoms with van der Waals surface area (Å²) in [6, 6.07) is 0.